The van der Waals surface area contributed by atoms with E-state index in [0.29, 0.717) is 41.8 Å². The van der Waals surface area contributed by atoms with Gasteiger partial charge in [0.15, 0.2) is 24.7 Å². The summed E-state index contributed by atoms with van der Waals surface area (Å²) in [6, 6.07) is 6.12. The molecular formula is C26H27F2N5O4. The minimum Gasteiger partial charge on any atom is -0.483 e. The van der Waals surface area contributed by atoms with E-state index in [2.05, 4.69) is 21.9 Å². The van der Waals surface area contributed by atoms with Gasteiger partial charge in [-0.3, -0.25) is 19.9 Å². The maximum absolute atomic E-state index is 14.1. The van der Waals surface area contributed by atoms with E-state index in [1.807, 2.05) is 0 Å². The van der Waals surface area contributed by atoms with Crippen molar-refractivity contribution in [2.75, 3.05) is 31.6 Å². The van der Waals surface area contributed by atoms with E-state index in [-0.39, 0.29) is 29.4 Å². The number of likely N-dealkylation sites (tertiary alicyclic amines) is 1. The number of amides is 2. The van der Waals surface area contributed by atoms with Crippen molar-refractivity contribution >= 4 is 28.8 Å². The summed E-state index contributed by atoms with van der Waals surface area (Å²) in [5, 5.41) is 2.87. The number of aromatic nitrogens is 3. The molecule has 1 saturated heterocycles. The molecule has 37 heavy (non-hydrogen) atoms. The highest BCUT2D eigenvalue weighted by molar-refractivity contribution is 6.04. The van der Waals surface area contributed by atoms with Gasteiger partial charge >= 0.3 is 5.92 Å². The molecule has 0 spiro atoms. The van der Waals surface area contributed by atoms with E-state index in [1.54, 1.807) is 40.8 Å². The summed E-state index contributed by atoms with van der Waals surface area (Å²) in [4.78, 5) is 36.1. The van der Waals surface area contributed by atoms with Crippen molar-refractivity contribution in [1.82, 2.24) is 19.4 Å². The molecule has 5 rings (SSSR count). The van der Waals surface area contributed by atoms with Crippen molar-refractivity contribution in [3.63, 3.8) is 0 Å². The number of ether oxygens (including phenoxy) is 2. The molecule has 2 amide bonds. The van der Waals surface area contributed by atoms with Crippen molar-refractivity contribution in [2.45, 2.75) is 38.2 Å². The number of anilines is 1. The van der Waals surface area contributed by atoms with Crippen molar-refractivity contribution in [3.8, 4) is 11.5 Å². The lowest BCUT2D eigenvalue weighted by Crippen LogP contribution is -2.34. The maximum atomic E-state index is 14.1. The smallest absolute Gasteiger partial charge is 0.314 e. The van der Waals surface area contributed by atoms with Gasteiger partial charge in [-0.2, -0.15) is 8.78 Å². The largest absolute Gasteiger partial charge is 0.483 e. The molecular weight excluding hydrogens is 484 g/mol. The number of fused-ring (bicyclic) bond motifs is 3. The normalized spacial score (nSPS) is 19.1. The van der Waals surface area contributed by atoms with Crippen molar-refractivity contribution in [1.29, 1.82) is 0 Å². The highest BCUT2D eigenvalue weighted by Gasteiger charge is 2.37. The Labute approximate surface area is 212 Å². The van der Waals surface area contributed by atoms with Gasteiger partial charge in [0, 0.05) is 30.5 Å². The second kappa shape index (κ2) is 9.79. The van der Waals surface area contributed by atoms with E-state index >= 15 is 0 Å². The van der Waals surface area contributed by atoms with Crippen LogP contribution < -0.4 is 14.8 Å². The van der Waals surface area contributed by atoms with Gasteiger partial charge in [0.05, 0.1) is 11.6 Å². The number of pyridine rings is 1. The second-order valence-electron chi connectivity index (χ2n) is 9.28. The van der Waals surface area contributed by atoms with Gasteiger partial charge < -0.3 is 18.9 Å². The fraction of sp³-hybridized carbons (Fsp3) is 0.385. The number of rotatable bonds is 4. The molecule has 1 N–H and O–H groups in total. The Kier molecular flexibility index (Phi) is 6.53. The predicted molar refractivity (Wildman–Crippen MR) is 132 cm³/mol. The molecule has 9 nitrogen and oxygen atoms in total. The van der Waals surface area contributed by atoms with E-state index in [1.165, 1.54) is 12.1 Å². The Hall–Kier alpha value is -4.02. The summed E-state index contributed by atoms with van der Waals surface area (Å²) in [7, 11) is 0. The van der Waals surface area contributed by atoms with Crippen molar-refractivity contribution in [2.24, 2.45) is 0 Å². The zero-order valence-electron chi connectivity index (χ0n) is 20.4. The number of alkyl halides is 2. The monoisotopic (exact) mass is 511 g/mol. The Morgan fingerprint density at radius 1 is 1.22 bits per heavy atom. The standard InChI is InChI=1S/C26H27F2N5O4/c1-3-21(34)32-11-5-4-6-18(13-32)33-22-19(7-8-20-23(22)37-15-26(27,28)14-36-20)30-25(33)31-24(35)17-9-10-29-16(2)12-17/h3,7-10,12,18H,1,4-6,11,13-15H2,2H3,(H,30,31,35)/t18-/m1/s1. The number of aryl methyl sites for hydroxylation is 1. The number of nitrogens with one attached hydrogen (secondary N) is 1. The molecule has 1 atom stereocenters. The minimum atomic E-state index is -3.16. The molecule has 11 heteroatoms. The Balaban J connectivity index is 1.63. The summed E-state index contributed by atoms with van der Waals surface area (Å²) in [5.74, 6) is -3.24. The summed E-state index contributed by atoms with van der Waals surface area (Å²) >= 11 is 0. The average Bonchev–Trinajstić information content (AvgIpc) is 3.00. The molecule has 0 bridgehead atoms. The molecule has 2 aliphatic rings. The molecule has 2 aromatic heterocycles. The van der Waals surface area contributed by atoms with E-state index in [0.717, 1.165) is 12.8 Å². The number of nitrogens with zero attached hydrogens (tertiary/aromatic N) is 4. The minimum absolute atomic E-state index is 0.133. The van der Waals surface area contributed by atoms with Crippen LogP contribution in [0.1, 0.15) is 41.4 Å². The van der Waals surface area contributed by atoms with Crippen molar-refractivity contribution < 1.29 is 27.8 Å². The molecule has 0 saturated carbocycles. The summed E-state index contributed by atoms with van der Waals surface area (Å²) in [6.07, 6.45) is 5.10. The molecule has 3 aromatic rings. The predicted octanol–water partition coefficient (Wildman–Crippen LogP) is 4.14. The fourth-order valence-corrected chi connectivity index (χ4v) is 4.76. The van der Waals surface area contributed by atoms with E-state index in [9.17, 15) is 18.4 Å². The highest BCUT2D eigenvalue weighted by Crippen LogP contribution is 2.42. The fourth-order valence-electron chi connectivity index (χ4n) is 4.76. The molecule has 0 radical (unpaired) electrons. The van der Waals surface area contributed by atoms with Crippen LogP contribution in [0.2, 0.25) is 0 Å². The Bertz CT molecular complexity index is 1370. The Morgan fingerprint density at radius 3 is 2.81 bits per heavy atom. The molecule has 1 fully saturated rings. The zero-order chi connectivity index (χ0) is 26.2. The Morgan fingerprint density at radius 2 is 2.03 bits per heavy atom. The molecule has 0 aliphatic carbocycles. The summed E-state index contributed by atoms with van der Waals surface area (Å²) in [5.41, 5.74) is 1.95. The average molecular weight is 512 g/mol. The molecule has 2 aliphatic heterocycles. The molecule has 1 aromatic carbocycles. The van der Waals surface area contributed by atoms with Gasteiger partial charge in [-0.15, -0.1) is 0 Å². The lowest BCUT2D eigenvalue weighted by molar-refractivity contribution is -0.126. The maximum Gasteiger partial charge on any atom is 0.314 e. The van der Waals surface area contributed by atoms with Crippen LogP contribution in [0.25, 0.3) is 11.0 Å². The number of halogens is 2. The summed E-state index contributed by atoms with van der Waals surface area (Å²) in [6.45, 7) is 4.62. The molecule has 194 valence electrons. The summed E-state index contributed by atoms with van der Waals surface area (Å²) < 4.78 is 41.0. The van der Waals surface area contributed by atoms with Crippen LogP contribution in [0.4, 0.5) is 14.7 Å². The van der Waals surface area contributed by atoms with Crippen LogP contribution in [0, 0.1) is 6.92 Å². The SMILES string of the molecule is C=CC(=O)N1CCCC[C@@H](n2c(NC(=O)c3ccnc(C)c3)nc3ccc4c(c32)OCC(F)(F)CO4)C1. The third kappa shape index (κ3) is 4.98. The van der Waals surface area contributed by atoms with Crippen LogP contribution >= 0.6 is 0 Å². The number of hydrogen-bond donors (Lipinski definition) is 1. The first-order chi connectivity index (χ1) is 17.8. The van der Waals surface area contributed by atoms with Gasteiger partial charge in [-0.1, -0.05) is 6.58 Å². The first-order valence-corrected chi connectivity index (χ1v) is 12.1. The quantitative estimate of drug-likeness (QED) is 0.529. The van der Waals surface area contributed by atoms with E-state index in [4.69, 9.17) is 9.47 Å². The van der Waals surface area contributed by atoms with Crippen LogP contribution in [0.15, 0.2) is 43.1 Å². The van der Waals surface area contributed by atoms with Gasteiger partial charge in [-0.25, -0.2) is 4.98 Å². The van der Waals surface area contributed by atoms with Crippen LogP contribution in [-0.2, 0) is 4.79 Å². The van der Waals surface area contributed by atoms with Gasteiger partial charge in [0.1, 0.15) is 5.52 Å². The van der Waals surface area contributed by atoms with Gasteiger partial charge in [-0.05, 0) is 56.5 Å². The van der Waals surface area contributed by atoms with Crippen molar-refractivity contribution in [3.05, 3.63) is 54.4 Å². The highest BCUT2D eigenvalue weighted by atomic mass is 19.3. The second-order valence-corrected chi connectivity index (χ2v) is 9.28. The number of benzene rings is 1. The lowest BCUT2D eigenvalue weighted by Gasteiger charge is -2.26. The number of carbonyl (C=O) groups is 2. The topological polar surface area (TPSA) is 98.6 Å². The number of hydrogen-bond acceptors (Lipinski definition) is 6. The van der Waals surface area contributed by atoms with Gasteiger partial charge in [0.25, 0.3) is 5.91 Å². The molecule has 0 unspecified atom stereocenters. The zero-order valence-corrected chi connectivity index (χ0v) is 20.4. The third-order valence-electron chi connectivity index (χ3n) is 6.52. The first kappa shape index (κ1) is 24.7. The van der Waals surface area contributed by atoms with Crippen LogP contribution in [0.3, 0.4) is 0 Å². The van der Waals surface area contributed by atoms with Crippen LogP contribution in [-0.4, -0.2) is 63.5 Å². The third-order valence-corrected chi connectivity index (χ3v) is 6.52. The van der Waals surface area contributed by atoms with Gasteiger partial charge in [0.2, 0.25) is 11.9 Å². The number of carbonyl (C=O) groups excluding carboxylic acids is 2. The lowest BCUT2D eigenvalue weighted by atomic mass is 10.1. The van der Waals surface area contributed by atoms with Crippen LogP contribution in [0.5, 0.6) is 11.5 Å². The molecule has 4 heterocycles. The first-order valence-electron chi connectivity index (χ1n) is 12.1. The number of imidazole rings is 1. The van der Waals surface area contributed by atoms with E-state index < -0.39 is 25.0 Å².